The minimum absolute atomic E-state index is 0.0638. The standard InChI is InChI=1S/C25H26N4O6S2/c1-36(32,33)27-17-9-10-18-19(12-17)37(34,35)28-24(26-18)21-23(30)20-15-7-8-16(11-15)22(20)29(25(21)31)13-14-5-3-2-4-6-14/h2-6,9-10,12,15-16,20-22,27H,7-8,11,13H2,1H3,(H,26,28)/t15-,16+,20+,21?,22-/m0/s1. The number of hydrogen-bond acceptors (Lipinski definition) is 7. The number of carbonyl (C=O) groups excluding carboxylic acids is 2. The van der Waals surface area contributed by atoms with Gasteiger partial charge in [0.25, 0.3) is 10.0 Å². The van der Waals surface area contributed by atoms with Crippen molar-refractivity contribution in [1.29, 1.82) is 0 Å². The van der Waals surface area contributed by atoms with Gasteiger partial charge in [0.15, 0.2) is 11.7 Å². The molecule has 1 unspecified atom stereocenters. The van der Waals surface area contributed by atoms with E-state index in [1.165, 1.54) is 12.1 Å². The average Bonchev–Trinajstić information content (AvgIpc) is 3.44. The molecular formula is C25H26N4O6S2. The molecule has 12 heteroatoms. The van der Waals surface area contributed by atoms with Gasteiger partial charge in [-0.15, -0.1) is 4.40 Å². The number of amides is 1. The number of piperidine rings is 1. The van der Waals surface area contributed by atoms with Gasteiger partial charge in [-0.25, -0.2) is 8.42 Å². The lowest BCUT2D eigenvalue weighted by atomic mass is 9.73. The van der Waals surface area contributed by atoms with E-state index in [9.17, 15) is 26.4 Å². The Morgan fingerprint density at radius 3 is 2.54 bits per heavy atom. The quantitative estimate of drug-likeness (QED) is 0.552. The maximum Gasteiger partial charge on any atom is 0.286 e. The number of hydrogen-bond donors (Lipinski definition) is 2. The van der Waals surface area contributed by atoms with Crippen LogP contribution in [-0.4, -0.2) is 51.6 Å². The minimum Gasteiger partial charge on any atom is -0.341 e. The number of amidine groups is 1. The van der Waals surface area contributed by atoms with Crippen molar-refractivity contribution in [2.45, 2.75) is 36.7 Å². The van der Waals surface area contributed by atoms with Crippen molar-refractivity contribution in [3.05, 3.63) is 54.1 Å². The number of anilines is 2. The average molecular weight is 543 g/mol. The first kappa shape index (κ1) is 24.1. The van der Waals surface area contributed by atoms with Gasteiger partial charge in [0, 0.05) is 24.2 Å². The number of nitrogens with one attached hydrogen (secondary N) is 2. The van der Waals surface area contributed by atoms with Gasteiger partial charge in [-0.1, -0.05) is 30.3 Å². The van der Waals surface area contributed by atoms with E-state index < -0.39 is 31.9 Å². The fourth-order valence-corrected chi connectivity index (χ4v) is 8.27. The van der Waals surface area contributed by atoms with E-state index in [-0.39, 0.29) is 51.7 Å². The van der Waals surface area contributed by atoms with E-state index in [0.29, 0.717) is 6.54 Å². The lowest BCUT2D eigenvalue weighted by Crippen LogP contribution is -2.61. The first-order valence-corrected chi connectivity index (χ1v) is 15.5. The number of fused-ring (bicyclic) bond motifs is 6. The number of rotatable bonds is 5. The van der Waals surface area contributed by atoms with Crippen LogP contribution >= 0.6 is 0 Å². The van der Waals surface area contributed by atoms with Crippen LogP contribution in [0.3, 0.4) is 0 Å². The summed E-state index contributed by atoms with van der Waals surface area (Å²) in [6.07, 6.45) is 3.76. The third-order valence-corrected chi connectivity index (χ3v) is 9.83. The molecule has 4 aliphatic rings. The Morgan fingerprint density at radius 1 is 1.08 bits per heavy atom. The predicted octanol–water partition coefficient (Wildman–Crippen LogP) is 2.21. The normalized spacial score (nSPS) is 29.8. The Bertz CT molecular complexity index is 1550. The maximum absolute atomic E-state index is 13.9. The highest BCUT2D eigenvalue weighted by molar-refractivity contribution is 7.92. The molecule has 2 aliphatic carbocycles. The van der Waals surface area contributed by atoms with Gasteiger partial charge in [-0.3, -0.25) is 14.3 Å². The monoisotopic (exact) mass is 542 g/mol. The van der Waals surface area contributed by atoms with Crippen molar-refractivity contribution >= 4 is 48.9 Å². The Kier molecular flexibility index (Phi) is 5.46. The second-order valence-corrected chi connectivity index (χ2v) is 13.6. The van der Waals surface area contributed by atoms with Crippen molar-refractivity contribution in [3.8, 4) is 0 Å². The molecule has 6 rings (SSSR count). The van der Waals surface area contributed by atoms with Crippen molar-refractivity contribution < 1.29 is 26.4 Å². The first-order chi connectivity index (χ1) is 17.5. The van der Waals surface area contributed by atoms with E-state index in [1.807, 2.05) is 30.3 Å². The lowest BCUT2D eigenvalue weighted by molar-refractivity contribution is -0.153. The summed E-state index contributed by atoms with van der Waals surface area (Å²) < 4.78 is 55.6. The van der Waals surface area contributed by atoms with E-state index in [2.05, 4.69) is 14.4 Å². The van der Waals surface area contributed by atoms with Gasteiger partial charge >= 0.3 is 0 Å². The van der Waals surface area contributed by atoms with Crippen LogP contribution in [-0.2, 0) is 36.2 Å². The second kappa shape index (κ2) is 8.38. The molecule has 5 atom stereocenters. The van der Waals surface area contributed by atoms with Crippen LogP contribution in [0.5, 0.6) is 0 Å². The molecule has 1 amide bonds. The zero-order chi connectivity index (χ0) is 26.1. The van der Waals surface area contributed by atoms with Crippen molar-refractivity contribution in [2.24, 2.45) is 28.1 Å². The Balaban J connectivity index is 1.38. The van der Waals surface area contributed by atoms with Crippen LogP contribution in [0, 0.1) is 23.7 Å². The number of benzene rings is 2. The topological polar surface area (TPSA) is 142 Å². The molecule has 2 aromatic carbocycles. The zero-order valence-corrected chi connectivity index (χ0v) is 21.6. The van der Waals surface area contributed by atoms with E-state index in [4.69, 9.17) is 0 Å². The summed E-state index contributed by atoms with van der Waals surface area (Å²) in [6, 6.07) is 13.3. The van der Waals surface area contributed by atoms with Crippen LogP contribution < -0.4 is 10.0 Å². The molecule has 2 N–H and O–H groups in total. The molecule has 2 bridgehead atoms. The molecule has 37 heavy (non-hydrogen) atoms. The van der Waals surface area contributed by atoms with E-state index >= 15 is 0 Å². The molecule has 0 radical (unpaired) electrons. The number of Topliss-reactive ketones (excluding diaryl/α,β-unsaturated/α-hetero) is 1. The van der Waals surface area contributed by atoms with Gasteiger partial charge in [0.1, 0.15) is 10.7 Å². The number of carbonyl (C=O) groups is 2. The van der Waals surface area contributed by atoms with Crippen LogP contribution in [0.4, 0.5) is 11.4 Å². The third kappa shape index (κ3) is 4.11. The van der Waals surface area contributed by atoms with Gasteiger partial charge in [-0.05, 0) is 54.9 Å². The molecule has 10 nitrogen and oxygen atoms in total. The van der Waals surface area contributed by atoms with Gasteiger partial charge < -0.3 is 10.2 Å². The van der Waals surface area contributed by atoms with Crippen LogP contribution in [0.15, 0.2) is 57.8 Å². The Labute approximate surface area is 215 Å². The minimum atomic E-state index is -4.31. The van der Waals surface area contributed by atoms with E-state index in [0.717, 1.165) is 37.1 Å². The summed E-state index contributed by atoms with van der Waals surface area (Å²) in [6.45, 7) is 0.338. The summed E-state index contributed by atoms with van der Waals surface area (Å²) in [5, 5.41) is 2.91. The summed E-state index contributed by atoms with van der Waals surface area (Å²) in [5.74, 6) is -2.17. The Hall–Kier alpha value is -3.25. The van der Waals surface area contributed by atoms with Crippen molar-refractivity contribution in [2.75, 3.05) is 16.3 Å². The number of ketones is 1. The molecule has 2 heterocycles. The number of likely N-dealkylation sites (tertiary alicyclic amines) is 1. The summed E-state index contributed by atoms with van der Waals surface area (Å²) in [4.78, 5) is 29.2. The summed E-state index contributed by atoms with van der Waals surface area (Å²) in [7, 11) is -7.93. The molecule has 2 saturated carbocycles. The lowest BCUT2D eigenvalue weighted by Gasteiger charge is -2.45. The van der Waals surface area contributed by atoms with Crippen LogP contribution in [0.25, 0.3) is 0 Å². The first-order valence-electron chi connectivity index (χ1n) is 12.1. The molecule has 2 aromatic rings. The summed E-state index contributed by atoms with van der Waals surface area (Å²) >= 11 is 0. The maximum atomic E-state index is 13.9. The highest BCUT2D eigenvalue weighted by Crippen LogP contribution is 2.54. The number of sulfonamides is 2. The van der Waals surface area contributed by atoms with Gasteiger partial charge in [0.05, 0.1) is 11.9 Å². The smallest absolute Gasteiger partial charge is 0.286 e. The summed E-state index contributed by atoms with van der Waals surface area (Å²) in [5.41, 5.74) is 1.14. The third-order valence-electron chi connectivity index (χ3n) is 7.89. The SMILES string of the molecule is CS(=O)(=O)Nc1ccc2c(c1)S(=O)(=O)N=C(C1C(=O)[C@@H]3[C@H]4CC[C@H](C4)[C@@H]3N(Cc3ccccc3)C1=O)N2. The fraction of sp³-hybridized carbons (Fsp3) is 0.400. The molecule has 1 saturated heterocycles. The zero-order valence-electron chi connectivity index (χ0n) is 20.0. The van der Waals surface area contributed by atoms with Crippen LogP contribution in [0.1, 0.15) is 24.8 Å². The fourth-order valence-electron chi connectivity index (χ4n) is 6.53. The van der Waals surface area contributed by atoms with Crippen LogP contribution in [0.2, 0.25) is 0 Å². The predicted molar refractivity (Wildman–Crippen MR) is 137 cm³/mol. The second-order valence-electron chi connectivity index (χ2n) is 10.3. The van der Waals surface area contributed by atoms with Gasteiger partial charge in [-0.2, -0.15) is 8.42 Å². The van der Waals surface area contributed by atoms with Gasteiger partial charge in [0.2, 0.25) is 15.9 Å². The molecule has 194 valence electrons. The largest absolute Gasteiger partial charge is 0.341 e. The highest BCUT2D eigenvalue weighted by Gasteiger charge is 2.60. The molecular weight excluding hydrogens is 516 g/mol. The molecule has 3 fully saturated rings. The highest BCUT2D eigenvalue weighted by atomic mass is 32.2. The number of nitrogens with zero attached hydrogens (tertiary/aromatic N) is 2. The van der Waals surface area contributed by atoms with Crippen molar-refractivity contribution in [1.82, 2.24) is 4.90 Å². The molecule has 0 spiro atoms. The van der Waals surface area contributed by atoms with E-state index in [1.54, 1.807) is 4.90 Å². The molecule has 2 aliphatic heterocycles. The van der Waals surface area contributed by atoms with Crippen molar-refractivity contribution in [3.63, 3.8) is 0 Å². The molecule has 0 aromatic heterocycles. The Morgan fingerprint density at radius 2 is 1.81 bits per heavy atom.